The molecule has 1 aliphatic rings. The minimum atomic E-state index is -0.513. The van der Waals surface area contributed by atoms with Crippen LogP contribution in [0.5, 0.6) is 0 Å². The number of nitrogens with zero attached hydrogens (tertiary/aromatic N) is 1. The molecule has 0 saturated carbocycles. The molecule has 2 heterocycles. The quantitative estimate of drug-likeness (QED) is 0.166. The van der Waals surface area contributed by atoms with E-state index < -0.39 is 5.41 Å². The van der Waals surface area contributed by atoms with Crippen molar-refractivity contribution in [1.82, 2.24) is 0 Å². The topological polar surface area (TPSA) is 16.4 Å². The fourth-order valence-electron chi connectivity index (χ4n) is 10.6. The van der Waals surface area contributed by atoms with Gasteiger partial charge in [-0.05, 0) is 86.8 Å². The number of rotatable bonds is 6. The first-order chi connectivity index (χ1) is 30.8. The SMILES string of the molecule is c1ccc(C2(c3ccccc3)c3ccccc3-c3c(N(c4ccc(-c5cccc6oc7c8ccccc8ccc7c56)cc4)c4cccc5c4sc4ccccc45)cccc32)cc1. The minimum Gasteiger partial charge on any atom is -0.455 e. The highest BCUT2D eigenvalue weighted by molar-refractivity contribution is 7.26. The van der Waals surface area contributed by atoms with E-state index in [1.807, 2.05) is 11.3 Å². The van der Waals surface area contributed by atoms with Crippen LogP contribution >= 0.6 is 11.3 Å². The third kappa shape index (κ3) is 4.97. The lowest BCUT2D eigenvalue weighted by atomic mass is 9.68. The fourth-order valence-corrected chi connectivity index (χ4v) is 11.8. The molecule has 10 aromatic carbocycles. The van der Waals surface area contributed by atoms with Crippen molar-refractivity contribution in [1.29, 1.82) is 0 Å². The Hall–Kier alpha value is -7.72. The molecule has 0 aliphatic heterocycles. The zero-order valence-corrected chi connectivity index (χ0v) is 34.4. The highest BCUT2D eigenvalue weighted by Crippen LogP contribution is 2.60. The van der Waals surface area contributed by atoms with E-state index in [2.05, 4.69) is 229 Å². The molecule has 0 atom stereocenters. The number of benzene rings is 10. The molecule has 0 unspecified atom stereocenters. The maximum atomic E-state index is 6.62. The van der Waals surface area contributed by atoms with Crippen molar-refractivity contribution in [3.8, 4) is 22.3 Å². The molecule has 3 heteroatoms. The Labute approximate surface area is 363 Å². The third-order valence-electron chi connectivity index (χ3n) is 13.1. The van der Waals surface area contributed by atoms with E-state index >= 15 is 0 Å². The number of hydrogen-bond acceptors (Lipinski definition) is 3. The molecule has 0 N–H and O–H groups in total. The standard InChI is InChI=1S/C59H37NOS/c1-3-17-40(18-4-1)59(41-19-5-2-6-20-41)49-26-11-9-23-47(49)56-50(59)27-15-28-51(56)60(52-29-13-25-46-45-22-10-12-31-54(45)62-58(46)52)42-35-32-39(33-36-42)43-24-14-30-53-55(43)48-37-34-38-16-7-8-21-44(38)57(48)61-53/h1-37H. The van der Waals surface area contributed by atoms with Gasteiger partial charge in [0, 0.05) is 42.9 Å². The van der Waals surface area contributed by atoms with Crippen LogP contribution in [0.1, 0.15) is 22.3 Å². The third-order valence-corrected chi connectivity index (χ3v) is 14.4. The Morgan fingerprint density at radius 3 is 1.87 bits per heavy atom. The maximum Gasteiger partial charge on any atom is 0.143 e. The summed E-state index contributed by atoms with van der Waals surface area (Å²) in [4.78, 5) is 2.52. The van der Waals surface area contributed by atoms with Crippen LogP contribution in [-0.2, 0) is 5.41 Å². The summed E-state index contributed by atoms with van der Waals surface area (Å²) in [6.07, 6.45) is 0. The molecular weight excluding hydrogens is 771 g/mol. The monoisotopic (exact) mass is 807 g/mol. The van der Waals surface area contributed by atoms with E-state index in [9.17, 15) is 0 Å². The summed E-state index contributed by atoms with van der Waals surface area (Å²) in [5.74, 6) is 0. The van der Waals surface area contributed by atoms with Crippen LogP contribution in [0.3, 0.4) is 0 Å². The molecule has 12 aromatic rings. The number of furan rings is 1. The molecule has 2 aromatic heterocycles. The molecule has 0 bridgehead atoms. The van der Waals surface area contributed by atoms with Gasteiger partial charge < -0.3 is 9.32 Å². The Kier molecular flexibility index (Phi) is 7.72. The first-order valence-corrected chi connectivity index (χ1v) is 22.1. The summed E-state index contributed by atoms with van der Waals surface area (Å²) < 4.78 is 9.17. The predicted molar refractivity (Wildman–Crippen MR) is 262 cm³/mol. The van der Waals surface area contributed by atoms with Gasteiger partial charge in [0.05, 0.1) is 21.5 Å². The molecular formula is C59H37NOS. The van der Waals surface area contributed by atoms with E-state index in [0.717, 1.165) is 55.5 Å². The zero-order valence-electron chi connectivity index (χ0n) is 33.6. The van der Waals surface area contributed by atoms with Crippen LogP contribution < -0.4 is 4.90 Å². The average Bonchev–Trinajstić information content (AvgIpc) is 4.02. The van der Waals surface area contributed by atoms with Crippen molar-refractivity contribution in [2.75, 3.05) is 4.90 Å². The molecule has 0 saturated heterocycles. The first-order valence-electron chi connectivity index (χ1n) is 21.3. The van der Waals surface area contributed by atoms with Crippen LogP contribution in [0, 0.1) is 0 Å². The van der Waals surface area contributed by atoms with Crippen molar-refractivity contribution in [3.63, 3.8) is 0 Å². The molecule has 2 nitrogen and oxygen atoms in total. The van der Waals surface area contributed by atoms with E-state index in [1.54, 1.807) is 0 Å². The van der Waals surface area contributed by atoms with Gasteiger partial charge in [0.1, 0.15) is 11.2 Å². The summed E-state index contributed by atoms with van der Waals surface area (Å²) in [5.41, 5.74) is 14.6. The van der Waals surface area contributed by atoms with Gasteiger partial charge in [-0.1, -0.05) is 182 Å². The Morgan fingerprint density at radius 2 is 1.05 bits per heavy atom. The molecule has 290 valence electrons. The number of anilines is 3. The molecule has 13 rings (SSSR count). The normalized spacial score (nSPS) is 13.0. The second-order valence-corrected chi connectivity index (χ2v) is 17.4. The lowest BCUT2D eigenvalue weighted by molar-refractivity contribution is 0.673. The average molecular weight is 808 g/mol. The van der Waals surface area contributed by atoms with Gasteiger partial charge in [-0.15, -0.1) is 11.3 Å². The van der Waals surface area contributed by atoms with Gasteiger partial charge in [-0.25, -0.2) is 0 Å². The van der Waals surface area contributed by atoms with E-state index in [0.29, 0.717) is 0 Å². The number of thiophene rings is 1. The predicted octanol–water partition coefficient (Wildman–Crippen LogP) is 16.6. The smallest absolute Gasteiger partial charge is 0.143 e. The van der Waals surface area contributed by atoms with Gasteiger partial charge in [-0.2, -0.15) is 0 Å². The van der Waals surface area contributed by atoms with Gasteiger partial charge in [0.15, 0.2) is 0 Å². The number of fused-ring (bicyclic) bond motifs is 11. The lowest BCUT2D eigenvalue weighted by Crippen LogP contribution is -2.28. The van der Waals surface area contributed by atoms with E-state index in [-0.39, 0.29) is 0 Å². The summed E-state index contributed by atoms with van der Waals surface area (Å²) in [6, 6.07) is 82.3. The Morgan fingerprint density at radius 1 is 0.419 bits per heavy atom. The highest BCUT2D eigenvalue weighted by atomic mass is 32.1. The van der Waals surface area contributed by atoms with Crippen LogP contribution in [0.15, 0.2) is 229 Å². The van der Waals surface area contributed by atoms with Crippen molar-refractivity contribution in [3.05, 3.63) is 247 Å². The molecule has 0 fully saturated rings. The summed E-state index contributed by atoms with van der Waals surface area (Å²) >= 11 is 1.87. The number of hydrogen-bond donors (Lipinski definition) is 0. The van der Waals surface area contributed by atoms with Crippen molar-refractivity contribution in [2.24, 2.45) is 0 Å². The second-order valence-electron chi connectivity index (χ2n) is 16.3. The molecule has 62 heavy (non-hydrogen) atoms. The zero-order chi connectivity index (χ0) is 40.8. The molecule has 0 amide bonds. The summed E-state index contributed by atoms with van der Waals surface area (Å²) in [5, 5.41) is 7.15. The minimum absolute atomic E-state index is 0.513. The summed E-state index contributed by atoms with van der Waals surface area (Å²) in [6.45, 7) is 0. The molecule has 1 aliphatic carbocycles. The van der Waals surface area contributed by atoms with Crippen molar-refractivity contribution in [2.45, 2.75) is 5.41 Å². The second kappa shape index (κ2) is 13.7. The summed E-state index contributed by atoms with van der Waals surface area (Å²) in [7, 11) is 0. The van der Waals surface area contributed by atoms with Gasteiger partial charge in [0.2, 0.25) is 0 Å². The first kappa shape index (κ1) is 35.1. The van der Waals surface area contributed by atoms with Crippen LogP contribution in [0.25, 0.3) is 75.1 Å². The Bertz CT molecular complexity index is 3650. The fraction of sp³-hybridized carbons (Fsp3) is 0.0169. The maximum absolute atomic E-state index is 6.62. The highest BCUT2D eigenvalue weighted by Gasteiger charge is 2.47. The van der Waals surface area contributed by atoms with E-state index in [4.69, 9.17) is 4.42 Å². The lowest BCUT2D eigenvalue weighted by Gasteiger charge is -2.34. The molecule has 0 spiro atoms. The largest absolute Gasteiger partial charge is 0.455 e. The van der Waals surface area contributed by atoms with E-state index in [1.165, 1.54) is 58.9 Å². The van der Waals surface area contributed by atoms with Crippen LogP contribution in [0.4, 0.5) is 17.1 Å². The molecule has 0 radical (unpaired) electrons. The van der Waals surface area contributed by atoms with Crippen molar-refractivity contribution < 1.29 is 4.42 Å². The van der Waals surface area contributed by atoms with Crippen LogP contribution in [-0.4, -0.2) is 0 Å². The van der Waals surface area contributed by atoms with Crippen molar-refractivity contribution >= 4 is 81.3 Å². The van der Waals surface area contributed by atoms with Crippen LogP contribution in [0.2, 0.25) is 0 Å². The Balaban J connectivity index is 1.06. The van der Waals surface area contributed by atoms with Gasteiger partial charge >= 0.3 is 0 Å². The van der Waals surface area contributed by atoms with Gasteiger partial charge in [-0.3, -0.25) is 0 Å². The van der Waals surface area contributed by atoms with Gasteiger partial charge in [0.25, 0.3) is 0 Å².